The lowest BCUT2D eigenvalue weighted by atomic mass is 9.94. The molecule has 21 nitrogen and oxygen atoms in total. The molecule has 0 unspecified atom stereocenters. The van der Waals surface area contributed by atoms with Crippen molar-refractivity contribution in [2.45, 2.75) is 185 Å². The molecule has 5 aromatic rings. The van der Waals surface area contributed by atoms with Crippen molar-refractivity contribution in [3.63, 3.8) is 0 Å². The molecule has 0 aromatic heterocycles. The van der Waals surface area contributed by atoms with Gasteiger partial charge in [-0.05, 0) is 102 Å². The molecule has 0 saturated carbocycles. The number of ether oxygens (including phenoxy) is 17. The number of rotatable bonds is 22. The second-order valence-electron chi connectivity index (χ2n) is 24.0. The number of aryl methyl sites for hydroxylation is 1. The molecule has 5 aromatic carbocycles. The molecule has 0 aliphatic carbocycles. The minimum Gasteiger partial charge on any atom is -0.497 e. The zero-order chi connectivity index (χ0) is 60.8. The first-order valence-corrected chi connectivity index (χ1v) is 29.8. The van der Waals surface area contributed by atoms with Crippen LogP contribution in [0.5, 0.6) is 11.5 Å². The lowest BCUT2D eigenvalue weighted by Gasteiger charge is -2.52. The highest BCUT2D eigenvalue weighted by Gasteiger charge is 2.61. The van der Waals surface area contributed by atoms with Gasteiger partial charge >= 0.3 is 5.97 Å². The largest absolute Gasteiger partial charge is 0.497 e. The van der Waals surface area contributed by atoms with Crippen LogP contribution in [-0.2, 0) is 95.5 Å². The van der Waals surface area contributed by atoms with E-state index in [1.165, 1.54) is 12.1 Å². The molecule has 0 spiro atoms. The second-order valence-corrected chi connectivity index (χ2v) is 24.0. The number of hydrogen-bond donors (Lipinski definition) is 0. The fourth-order valence-electron chi connectivity index (χ4n) is 11.6. The number of nitrogens with zero attached hydrogens (tertiary/aromatic N) is 1. The van der Waals surface area contributed by atoms with Gasteiger partial charge < -0.3 is 80.5 Å². The van der Waals surface area contributed by atoms with E-state index < -0.39 is 127 Å². The van der Waals surface area contributed by atoms with Crippen LogP contribution in [-0.4, -0.2) is 143 Å². The van der Waals surface area contributed by atoms with E-state index in [0.29, 0.717) is 30.8 Å². The maximum absolute atomic E-state index is 14.2. The Kier molecular flexibility index (Phi) is 20.0. The fourth-order valence-corrected chi connectivity index (χ4v) is 11.6. The lowest BCUT2D eigenvalue weighted by molar-refractivity contribution is -0.401. The van der Waals surface area contributed by atoms with E-state index in [-0.39, 0.29) is 38.7 Å². The second kappa shape index (κ2) is 27.8. The smallest absolute Gasteiger partial charge is 0.311 e. The lowest BCUT2D eigenvalue weighted by Crippen LogP contribution is -2.67. The van der Waals surface area contributed by atoms with E-state index in [2.05, 4.69) is 0 Å². The van der Waals surface area contributed by atoms with Gasteiger partial charge in [-0.15, -0.1) is 0 Å². The van der Waals surface area contributed by atoms with Crippen LogP contribution in [0.15, 0.2) is 133 Å². The summed E-state index contributed by atoms with van der Waals surface area (Å²) in [5.41, 5.74) is 3.38. The van der Waals surface area contributed by atoms with Crippen LogP contribution in [0.4, 0.5) is 5.69 Å². The van der Waals surface area contributed by atoms with Crippen LogP contribution in [0.1, 0.15) is 94.8 Å². The molecule has 17 atom stereocenters. The van der Waals surface area contributed by atoms with Crippen molar-refractivity contribution in [3.05, 3.63) is 171 Å². The van der Waals surface area contributed by atoms with E-state index >= 15 is 0 Å². The Morgan fingerprint density at radius 2 is 1.08 bits per heavy atom. The first-order valence-electron chi connectivity index (χ1n) is 29.8. The molecule has 6 heterocycles. The maximum atomic E-state index is 14.2. The molecular weight excluding hydrogens is 1130 g/mol. The van der Waals surface area contributed by atoms with E-state index in [9.17, 15) is 14.9 Å². The predicted molar refractivity (Wildman–Crippen MR) is 310 cm³/mol. The van der Waals surface area contributed by atoms with Crippen molar-refractivity contribution in [1.29, 1.82) is 0 Å². The number of carbonyl (C=O) groups excluding carboxylic acids is 1. The number of carbonyl (C=O) groups is 1. The Labute approximate surface area is 507 Å². The first kappa shape index (κ1) is 62.6. The highest BCUT2D eigenvalue weighted by molar-refractivity contribution is 5.75. The fraction of sp³-hybridized carbons (Fsp3) is 0.530. The molecule has 0 amide bonds. The number of unbranched alkanes of at least 4 members (excludes halogenated alkanes) is 1. The standard InChI is InChI=1S/C66H79NO20/c1-39-50(81-62-56(75-36-42-26-32-47(72-8)33-27-42)53(74-35-41-24-30-46(71-7)31-25-41)51-48(80-62)37-76-59(82-51)43-18-11-9-12-19-43)55-58(87-66(5,6)86-55)63(78-39)84-54-52-49(38-77-60(83-52)44-20-13-10-14-21-44)79-61(57(54)85-64(68)65(2,3)4)73-34-16-15-17-40-22-28-45(29-23-40)67(69)70/h9-14,18-33,39,48-63H,15-17,34-38H2,1-8H3/t39-,48+,49+,50-,51+,52-,53-,54-,55+,56-,57+,58+,59+,60-,61+,62+,63-/m0/s1. The van der Waals surface area contributed by atoms with E-state index in [0.717, 1.165) is 27.8 Å². The van der Waals surface area contributed by atoms with Gasteiger partial charge in [0.15, 0.2) is 43.3 Å². The summed E-state index contributed by atoms with van der Waals surface area (Å²) in [6, 6.07) is 41.0. The van der Waals surface area contributed by atoms with Crippen molar-refractivity contribution in [2.24, 2.45) is 5.41 Å². The van der Waals surface area contributed by atoms with Crippen molar-refractivity contribution >= 4 is 11.7 Å². The summed E-state index contributed by atoms with van der Waals surface area (Å²) in [5, 5.41) is 11.3. The van der Waals surface area contributed by atoms with Gasteiger partial charge in [-0.25, -0.2) is 0 Å². The Hall–Kier alpha value is -5.99. The van der Waals surface area contributed by atoms with Crippen molar-refractivity contribution in [2.75, 3.05) is 34.0 Å². The molecule has 0 radical (unpaired) electrons. The molecular formula is C66H79NO20. The number of benzene rings is 5. The Bertz CT molecular complexity index is 3000. The summed E-state index contributed by atoms with van der Waals surface area (Å²) in [5.74, 6) is -0.296. The summed E-state index contributed by atoms with van der Waals surface area (Å²) in [7, 11) is 3.24. The van der Waals surface area contributed by atoms with E-state index in [1.54, 1.807) is 47.1 Å². The maximum Gasteiger partial charge on any atom is 0.311 e. The Morgan fingerprint density at radius 3 is 1.63 bits per heavy atom. The van der Waals surface area contributed by atoms with Gasteiger partial charge in [-0.3, -0.25) is 14.9 Å². The predicted octanol–water partition coefficient (Wildman–Crippen LogP) is 9.79. The van der Waals surface area contributed by atoms with Gasteiger partial charge in [-0.1, -0.05) is 97.1 Å². The van der Waals surface area contributed by atoms with Gasteiger partial charge in [-0.2, -0.15) is 0 Å². The minimum absolute atomic E-state index is 0.0266. The van der Waals surface area contributed by atoms with Crippen molar-refractivity contribution in [3.8, 4) is 11.5 Å². The molecule has 6 aliphatic rings. The van der Waals surface area contributed by atoms with Crippen molar-refractivity contribution in [1.82, 2.24) is 0 Å². The number of esters is 1. The van der Waals surface area contributed by atoms with E-state index in [1.807, 2.05) is 130 Å². The molecule has 6 fully saturated rings. The number of nitro benzene ring substituents is 1. The molecule has 6 aliphatic heterocycles. The molecule has 468 valence electrons. The highest BCUT2D eigenvalue weighted by atomic mass is 16.8. The van der Waals surface area contributed by atoms with Crippen LogP contribution < -0.4 is 9.47 Å². The van der Waals surface area contributed by atoms with Gasteiger partial charge in [0.05, 0.1) is 57.1 Å². The number of non-ortho nitro benzene ring substituents is 1. The summed E-state index contributed by atoms with van der Waals surface area (Å²) >= 11 is 0. The monoisotopic (exact) mass is 1210 g/mol. The minimum atomic E-state index is -1.20. The van der Waals surface area contributed by atoms with Gasteiger partial charge in [0.2, 0.25) is 0 Å². The van der Waals surface area contributed by atoms with Crippen LogP contribution in [0, 0.1) is 15.5 Å². The van der Waals surface area contributed by atoms with Crippen LogP contribution in [0.3, 0.4) is 0 Å². The zero-order valence-corrected chi connectivity index (χ0v) is 50.3. The van der Waals surface area contributed by atoms with Crippen molar-refractivity contribution < 1.29 is 90.2 Å². The average molecular weight is 1210 g/mol. The van der Waals surface area contributed by atoms with Crippen LogP contribution in [0.25, 0.3) is 0 Å². The summed E-state index contributed by atoms with van der Waals surface area (Å²) in [6.07, 6.45) is -13.6. The number of nitro groups is 1. The van der Waals surface area contributed by atoms with E-state index in [4.69, 9.17) is 80.5 Å². The summed E-state index contributed by atoms with van der Waals surface area (Å²) < 4.78 is 113. The third-order valence-corrected chi connectivity index (χ3v) is 16.2. The van der Waals surface area contributed by atoms with Crippen LogP contribution in [0.2, 0.25) is 0 Å². The number of fused-ring (bicyclic) bond motifs is 3. The highest BCUT2D eigenvalue weighted by Crippen LogP contribution is 2.45. The average Bonchev–Trinajstić information content (AvgIpc) is 2.01. The van der Waals surface area contributed by atoms with Gasteiger partial charge in [0.1, 0.15) is 72.5 Å². The molecule has 6 saturated heterocycles. The third kappa shape index (κ3) is 15.0. The summed E-state index contributed by atoms with van der Waals surface area (Å²) in [4.78, 5) is 25.0. The third-order valence-electron chi connectivity index (χ3n) is 16.2. The quantitative estimate of drug-likeness (QED) is 0.0272. The molecule has 0 N–H and O–H groups in total. The molecule has 87 heavy (non-hydrogen) atoms. The van der Waals surface area contributed by atoms with Crippen LogP contribution >= 0.6 is 0 Å². The molecule has 0 bridgehead atoms. The van der Waals surface area contributed by atoms with Gasteiger partial charge in [0.25, 0.3) is 5.69 Å². The SMILES string of the molecule is COc1ccc(CO[C@@H]2[C@H](OCc3ccc(OC)cc3)[C@@H](O[C@@H]3[C@H]4OC(C)(C)O[C@H]4[C@H](O[C@H]4[C@H]5O[C@@H](c6ccccc6)OC[C@H]5O[C@@H](OCCCCc5ccc([N+](=O)[O-])cc5)[C@@H]4OC(=O)C(C)(C)C)O[C@H]3C)O[C@@H]3CO[C@@H](c4ccccc4)O[C@@H]23)cc1. The van der Waals surface area contributed by atoms with Gasteiger partial charge in [0, 0.05) is 29.9 Å². The summed E-state index contributed by atoms with van der Waals surface area (Å²) in [6.45, 7) is 11.5. The number of hydrogen-bond acceptors (Lipinski definition) is 20. The topological polar surface area (TPSA) is 217 Å². The Balaban J connectivity index is 0.883. The Morgan fingerprint density at radius 1 is 0.563 bits per heavy atom. The molecule has 11 rings (SSSR count). The first-order chi connectivity index (χ1) is 42.0. The number of methoxy groups -OCH3 is 2. The zero-order valence-electron chi connectivity index (χ0n) is 50.3. The molecule has 21 heteroatoms. The normalized spacial score (nSPS) is 32.0.